The number of hydrogen-bond donors (Lipinski definition) is 0. The maximum Gasteiger partial charge on any atom is 0.0714 e. The standard InChI is InChI=1S/C70H50N2/c1-69(2)61-26-13-9-22-56(61)57-45-38-50(46-64(57)69)49-36-41-54(42-37-49)71(53-39-32-47(33-40-53)48-34-43-55(44-35-48)72-65-29-15-11-23-58(65)59-24-12-16-30-66(59)72)67-31-17-28-63-68(67)60-25-10-14-27-62(60)70(63,51-18-5-3-6-19-51)52-20-7-4-8-21-52/h3-46H,1-2H3. The van der Waals surface area contributed by atoms with Gasteiger partial charge in [0, 0.05) is 38.8 Å². The van der Waals surface area contributed by atoms with E-state index in [1.165, 1.54) is 99.7 Å². The lowest BCUT2D eigenvalue weighted by atomic mass is 9.68. The number of rotatable bonds is 8. The van der Waals surface area contributed by atoms with E-state index in [0.717, 1.165) is 22.7 Å². The fourth-order valence-corrected chi connectivity index (χ4v) is 12.6. The van der Waals surface area contributed by atoms with Gasteiger partial charge in [-0.3, -0.25) is 0 Å². The van der Waals surface area contributed by atoms with Gasteiger partial charge >= 0.3 is 0 Å². The first-order chi connectivity index (χ1) is 35.5. The number of benzene rings is 11. The van der Waals surface area contributed by atoms with Crippen LogP contribution in [0.4, 0.5) is 17.1 Å². The van der Waals surface area contributed by atoms with Gasteiger partial charge in [0.05, 0.1) is 22.1 Å². The lowest BCUT2D eigenvalue weighted by Crippen LogP contribution is -2.28. The first kappa shape index (κ1) is 41.9. The zero-order chi connectivity index (χ0) is 48.0. The van der Waals surface area contributed by atoms with Crippen molar-refractivity contribution in [2.45, 2.75) is 24.7 Å². The zero-order valence-electron chi connectivity index (χ0n) is 40.3. The molecule has 1 heterocycles. The second kappa shape index (κ2) is 16.3. The Balaban J connectivity index is 0.904. The van der Waals surface area contributed by atoms with E-state index in [1.54, 1.807) is 0 Å². The molecule has 0 bridgehead atoms. The Hall–Kier alpha value is -8.98. The number of anilines is 3. The fourth-order valence-electron chi connectivity index (χ4n) is 12.6. The smallest absolute Gasteiger partial charge is 0.0714 e. The average Bonchev–Trinajstić information content (AvgIpc) is 4.03. The highest BCUT2D eigenvalue weighted by molar-refractivity contribution is 6.09. The van der Waals surface area contributed by atoms with Gasteiger partial charge in [-0.2, -0.15) is 0 Å². The summed E-state index contributed by atoms with van der Waals surface area (Å²) >= 11 is 0. The van der Waals surface area contributed by atoms with E-state index < -0.39 is 5.41 Å². The molecular formula is C70H50N2. The topological polar surface area (TPSA) is 8.17 Å². The van der Waals surface area contributed by atoms with Crippen molar-refractivity contribution in [3.8, 4) is 50.2 Å². The van der Waals surface area contributed by atoms with Gasteiger partial charge in [-0.25, -0.2) is 0 Å². The highest BCUT2D eigenvalue weighted by atomic mass is 15.1. The maximum atomic E-state index is 2.48. The summed E-state index contributed by atoms with van der Waals surface area (Å²) in [5, 5.41) is 2.54. The van der Waals surface area contributed by atoms with E-state index in [1.807, 2.05) is 0 Å². The minimum absolute atomic E-state index is 0.0715. The highest BCUT2D eigenvalue weighted by Crippen LogP contribution is 2.59. The third kappa shape index (κ3) is 6.22. The molecular weight excluding hydrogens is 869 g/mol. The van der Waals surface area contributed by atoms with Crippen molar-refractivity contribution in [1.82, 2.24) is 4.57 Å². The Kier molecular flexibility index (Phi) is 9.50. The summed E-state index contributed by atoms with van der Waals surface area (Å²) in [5.41, 5.74) is 24.1. The Morgan fingerprint density at radius 1 is 0.333 bits per heavy atom. The molecule has 11 aromatic carbocycles. The third-order valence-corrected chi connectivity index (χ3v) is 15.9. The molecule has 0 saturated carbocycles. The molecule has 0 saturated heterocycles. The van der Waals surface area contributed by atoms with Crippen LogP contribution in [0.3, 0.4) is 0 Å². The van der Waals surface area contributed by atoms with E-state index >= 15 is 0 Å². The van der Waals surface area contributed by atoms with Gasteiger partial charge in [-0.1, -0.05) is 220 Å². The van der Waals surface area contributed by atoms with Crippen LogP contribution in [0.5, 0.6) is 0 Å². The molecule has 72 heavy (non-hydrogen) atoms. The fraction of sp³-hybridized carbons (Fsp3) is 0.0571. The van der Waals surface area contributed by atoms with Crippen LogP contribution in [0.2, 0.25) is 0 Å². The Labute approximate surface area is 421 Å². The molecule has 0 fully saturated rings. The highest BCUT2D eigenvalue weighted by Gasteiger charge is 2.47. The molecule has 12 aromatic rings. The summed E-state index contributed by atoms with van der Waals surface area (Å²) in [6.45, 7) is 4.72. The Bertz CT molecular complexity index is 3940. The van der Waals surface area contributed by atoms with Crippen LogP contribution >= 0.6 is 0 Å². The Morgan fingerprint density at radius 3 is 1.40 bits per heavy atom. The van der Waals surface area contributed by atoms with Crippen molar-refractivity contribution in [1.29, 1.82) is 0 Å². The van der Waals surface area contributed by atoms with Crippen molar-refractivity contribution in [3.05, 3.63) is 300 Å². The molecule has 0 atom stereocenters. The maximum absolute atomic E-state index is 2.48. The van der Waals surface area contributed by atoms with Gasteiger partial charge in [-0.15, -0.1) is 0 Å². The lowest BCUT2D eigenvalue weighted by Gasteiger charge is -2.34. The largest absolute Gasteiger partial charge is 0.310 e. The minimum atomic E-state index is -0.518. The molecule has 0 spiro atoms. The summed E-state index contributed by atoms with van der Waals surface area (Å²) < 4.78 is 2.38. The first-order valence-corrected chi connectivity index (χ1v) is 25.2. The molecule has 0 amide bonds. The quantitative estimate of drug-likeness (QED) is 0.147. The number of para-hydroxylation sites is 2. The van der Waals surface area contributed by atoms with Gasteiger partial charge in [0.15, 0.2) is 0 Å². The summed E-state index contributed by atoms with van der Waals surface area (Å²) in [6.07, 6.45) is 0. The minimum Gasteiger partial charge on any atom is -0.310 e. The van der Waals surface area contributed by atoms with Crippen LogP contribution in [0.1, 0.15) is 47.2 Å². The van der Waals surface area contributed by atoms with Crippen molar-refractivity contribution >= 4 is 38.9 Å². The van der Waals surface area contributed by atoms with Gasteiger partial charge in [-0.05, 0) is 133 Å². The molecule has 0 unspecified atom stereocenters. The van der Waals surface area contributed by atoms with Crippen LogP contribution in [0, 0.1) is 0 Å². The SMILES string of the molecule is CC1(C)c2ccccc2-c2ccc(-c3ccc(N(c4ccc(-c5ccc(-n6c7ccccc7c7ccccc76)cc5)cc4)c4cccc5c4-c4ccccc4C5(c4ccccc4)c4ccccc4)cc3)cc21. The van der Waals surface area contributed by atoms with Crippen molar-refractivity contribution in [3.63, 3.8) is 0 Å². The lowest BCUT2D eigenvalue weighted by molar-refractivity contribution is 0.660. The number of fused-ring (bicyclic) bond motifs is 9. The van der Waals surface area contributed by atoms with E-state index in [0.29, 0.717) is 0 Å². The molecule has 0 radical (unpaired) electrons. The van der Waals surface area contributed by atoms with Gasteiger partial charge in [0.2, 0.25) is 0 Å². The van der Waals surface area contributed by atoms with Gasteiger partial charge in [0.25, 0.3) is 0 Å². The normalized spacial score (nSPS) is 13.6. The molecule has 340 valence electrons. The van der Waals surface area contributed by atoms with E-state index in [9.17, 15) is 0 Å². The second-order valence-corrected chi connectivity index (χ2v) is 20.0. The molecule has 0 N–H and O–H groups in total. The predicted molar refractivity (Wildman–Crippen MR) is 301 cm³/mol. The van der Waals surface area contributed by atoms with Gasteiger partial charge in [0.1, 0.15) is 0 Å². The third-order valence-electron chi connectivity index (χ3n) is 15.9. The summed E-state index contributed by atoms with van der Waals surface area (Å²) in [4.78, 5) is 2.48. The van der Waals surface area contributed by atoms with E-state index in [-0.39, 0.29) is 5.41 Å². The Morgan fingerprint density at radius 2 is 0.792 bits per heavy atom. The van der Waals surface area contributed by atoms with Crippen LogP contribution in [-0.2, 0) is 10.8 Å². The number of aromatic nitrogens is 1. The van der Waals surface area contributed by atoms with E-state index in [4.69, 9.17) is 0 Å². The summed E-state index contributed by atoms with van der Waals surface area (Å²) in [5.74, 6) is 0. The van der Waals surface area contributed by atoms with Crippen LogP contribution in [0.15, 0.2) is 267 Å². The number of hydrogen-bond acceptors (Lipinski definition) is 1. The molecule has 1 aromatic heterocycles. The molecule has 2 nitrogen and oxygen atoms in total. The predicted octanol–water partition coefficient (Wildman–Crippen LogP) is 18.3. The zero-order valence-corrected chi connectivity index (χ0v) is 40.3. The van der Waals surface area contributed by atoms with Crippen LogP contribution in [0.25, 0.3) is 72.0 Å². The van der Waals surface area contributed by atoms with Gasteiger partial charge < -0.3 is 9.47 Å². The van der Waals surface area contributed by atoms with Crippen molar-refractivity contribution in [2.24, 2.45) is 0 Å². The first-order valence-electron chi connectivity index (χ1n) is 25.2. The second-order valence-electron chi connectivity index (χ2n) is 20.0. The van der Waals surface area contributed by atoms with Crippen molar-refractivity contribution < 1.29 is 0 Å². The molecule has 2 aliphatic carbocycles. The monoisotopic (exact) mass is 918 g/mol. The molecule has 2 heteroatoms. The molecule has 14 rings (SSSR count). The summed E-state index contributed by atoms with van der Waals surface area (Å²) in [7, 11) is 0. The average molecular weight is 919 g/mol. The molecule has 0 aliphatic heterocycles. The van der Waals surface area contributed by atoms with E-state index in [2.05, 4.69) is 290 Å². The molecule has 2 aliphatic rings. The van der Waals surface area contributed by atoms with Crippen molar-refractivity contribution in [2.75, 3.05) is 4.90 Å². The van der Waals surface area contributed by atoms with Crippen LogP contribution < -0.4 is 4.90 Å². The van der Waals surface area contributed by atoms with Crippen LogP contribution in [-0.4, -0.2) is 4.57 Å². The number of nitrogens with zero attached hydrogens (tertiary/aromatic N) is 2. The summed E-state index contributed by atoms with van der Waals surface area (Å²) in [6, 6.07) is 98.9.